The van der Waals surface area contributed by atoms with Gasteiger partial charge >= 0.3 is 0 Å². The highest BCUT2D eigenvalue weighted by atomic mass is 15.1. The first-order chi connectivity index (χ1) is 6.16. The molecule has 1 rings (SSSR count). The fraction of sp³-hybridized carbons (Fsp3) is 1.00. The average Bonchev–Trinajstić information content (AvgIpc) is 2.09. The Labute approximate surface area is 83.5 Å². The lowest BCUT2D eigenvalue weighted by Gasteiger charge is -2.39. The minimum Gasteiger partial charge on any atom is -0.303 e. The summed E-state index contributed by atoms with van der Waals surface area (Å²) in [6.45, 7) is 8.40. The first kappa shape index (κ1) is 11.0. The van der Waals surface area contributed by atoms with Crippen molar-refractivity contribution < 1.29 is 0 Å². The monoisotopic (exact) mass is 183 g/mol. The van der Waals surface area contributed by atoms with Crippen LogP contribution in [0.25, 0.3) is 0 Å². The van der Waals surface area contributed by atoms with Crippen molar-refractivity contribution >= 4 is 0 Å². The van der Waals surface area contributed by atoms with Gasteiger partial charge in [-0.05, 0) is 38.3 Å². The van der Waals surface area contributed by atoms with E-state index in [1.54, 1.807) is 0 Å². The fourth-order valence-electron chi connectivity index (χ4n) is 2.83. The standard InChI is InChI=1S/C12H25N/c1-5-11(10(2)3)12-8-6-7-9-13(12)4/h10-12H,5-9H2,1-4H3. The molecule has 1 fully saturated rings. The molecule has 13 heavy (non-hydrogen) atoms. The molecule has 0 bridgehead atoms. The average molecular weight is 183 g/mol. The van der Waals surface area contributed by atoms with Crippen LogP contribution in [0.3, 0.4) is 0 Å². The van der Waals surface area contributed by atoms with Crippen LogP contribution < -0.4 is 0 Å². The van der Waals surface area contributed by atoms with Gasteiger partial charge in [0.2, 0.25) is 0 Å². The molecule has 0 amide bonds. The van der Waals surface area contributed by atoms with Gasteiger partial charge in [0.1, 0.15) is 0 Å². The summed E-state index contributed by atoms with van der Waals surface area (Å²) in [4.78, 5) is 2.58. The van der Waals surface area contributed by atoms with E-state index in [1.165, 1.54) is 32.2 Å². The van der Waals surface area contributed by atoms with E-state index in [2.05, 4.69) is 32.7 Å². The third-order valence-electron chi connectivity index (χ3n) is 3.65. The van der Waals surface area contributed by atoms with Crippen molar-refractivity contribution in [3.05, 3.63) is 0 Å². The Bertz CT molecular complexity index is 142. The van der Waals surface area contributed by atoms with Gasteiger partial charge in [0.05, 0.1) is 0 Å². The molecule has 1 heterocycles. The maximum Gasteiger partial charge on any atom is 0.0123 e. The van der Waals surface area contributed by atoms with E-state index < -0.39 is 0 Å². The minimum atomic E-state index is 0.843. The van der Waals surface area contributed by atoms with Gasteiger partial charge in [-0.1, -0.05) is 33.6 Å². The Hall–Kier alpha value is -0.0400. The van der Waals surface area contributed by atoms with E-state index >= 15 is 0 Å². The van der Waals surface area contributed by atoms with Crippen molar-refractivity contribution in [2.24, 2.45) is 11.8 Å². The molecule has 78 valence electrons. The van der Waals surface area contributed by atoms with Gasteiger partial charge in [-0.2, -0.15) is 0 Å². The first-order valence-electron chi connectivity index (χ1n) is 5.87. The van der Waals surface area contributed by atoms with Crippen LogP contribution in [0, 0.1) is 11.8 Å². The summed E-state index contributed by atoms with van der Waals surface area (Å²) >= 11 is 0. The summed E-state index contributed by atoms with van der Waals surface area (Å²) in [5, 5.41) is 0. The molecule has 0 saturated carbocycles. The molecule has 1 heteroatoms. The molecule has 0 N–H and O–H groups in total. The van der Waals surface area contributed by atoms with Gasteiger partial charge in [0, 0.05) is 6.04 Å². The molecule has 0 radical (unpaired) electrons. The quantitative estimate of drug-likeness (QED) is 0.649. The van der Waals surface area contributed by atoms with Crippen molar-refractivity contribution in [3.8, 4) is 0 Å². The lowest BCUT2D eigenvalue weighted by molar-refractivity contribution is 0.101. The predicted octanol–water partition coefficient (Wildman–Crippen LogP) is 3.15. The highest BCUT2D eigenvalue weighted by molar-refractivity contribution is 4.82. The molecule has 2 atom stereocenters. The number of likely N-dealkylation sites (tertiary alicyclic amines) is 1. The molecule has 0 spiro atoms. The molecule has 0 aromatic carbocycles. The summed E-state index contributed by atoms with van der Waals surface area (Å²) in [7, 11) is 2.30. The second-order valence-corrected chi connectivity index (χ2v) is 4.86. The summed E-state index contributed by atoms with van der Waals surface area (Å²) < 4.78 is 0. The van der Waals surface area contributed by atoms with E-state index in [1.807, 2.05) is 0 Å². The van der Waals surface area contributed by atoms with E-state index in [-0.39, 0.29) is 0 Å². The van der Waals surface area contributed by atoms with Crippen LogP contribution in [-0.4, -0.2) is 24.5 Å². The van der Waals surface area contributed by atoms with Crippen molar-refractivity contribution in [1.82, 2.24) is 4.90 Å². The zero-order valence-electron chi connectivity index (χ0n) is 9.71. The number of rotatable bonds is 3. The smallest absolute Gasteiger partial charge is 0.0123 e. The Morgan fingerprint density at radius 3 is 2.46 bits per heavy atom. The second-order valence-electron chi connectivity index (χ2n) is 4.86. The highest BCUT2D eigenvalue weighted by Gasteiger charge is 2.27. The van der Waals surface area contributed by atoms with Crippen molar-refractivity contribution in [3.63, 3.8) is 0 Å². The third-order valence-corrected chi connectivity index (χ3v) is 3.65. The van der Waals surface area contributed by atoms with Crippen LogP contribution in [0.15, 0.2) is 0 Å². The van der Waals surface area contributed by atoms with Crippen LogP contribution in [-0.2, 0) is 0 Å². The van der Waals surface area contributed by atoms with Crippen LogP contribution >= 0.6 is 0 Å². The Balaban J connectivity index is 2.55. The van der Waals surface area contributed by atoms with Gasteiger partial charge in [0.15, 0.2) is 0 Å². The van der Waals surface area contributed by atoms with Crippen LogP contribution in [0.5, 0.6) is 0 Å². The number of hydrogen-bond acceptors (Lipinski definition) is 1. The van der Waals surface area contributed by atoms with E-state index in [0.29, 0.717) is 0 Å². The zero-order valence-corrected chi connectivity index (χ0v) is 9.71. The third kappa shape index (κ3) is 2.70. The molecule has 1 aliphatic rings. The molecule has 1 aliphatic heterocycles. The van der Waals surface area contributed by atoms with Crippen LogP contribution in [0.4, 0.5) is 0 Å². The lowest BCUT2D eigenvalue weighted by atomic mass is 9.81. The molecule has 0 aromatic rings. The Morgan fingerprint density at radius 1 is 1.31 bits per heavy atom. The van der Waals surface area contributed by atoms with Crippen molar-refractivity contribution in [1.29, 1.82) is 0 Å². The fourth-order valence-corrected chi connectivity index (χ4v) is 2.83. The van der Waals surface area contributed by atoms with Gasteiger partial charge in [0.25, 0.3) is 0 Å². The summed E-state index contributed by atoms with van der Waals surface area (Å²) in [5.41, 5.74) is 0. The summed E-state index contributed by atoms with van der Waals surface area (Å²) in [6, 6.07) is 0.860. The SMILES string of the molecule is CCC(C(C)C)C1CCCCN1C. The molecule has 1 nitrogen and oxygen atoms in total. The molecule has 1 saturated heterocycles. The van der Waals surface area contributed by atoms with E-state index in [0.717, 1.165) is 17.9 Å². The second kappa shape index (κ2) is 4.99. The number of nitrogens with zero attached hydrogens (tertiary/aromatic N) is 1. The maximum atomic E-state index is 2.58. The largest absolute Gasteiger partial charge is 0.303 e. The summed E-state index contributed by atoms with van der Waals surface area (Å²) in [5.74, 6) is 1.75. The molecule has 0 aromatic heterocycles. The molecular formula is C12H25N. The van der Waals surface area contributed by atoms with Crippen LogP contribution in [0.1, 0.15) is 46.5 Å². The van der Waals surface area contributed by atoms with Crippen molar-refractivity contribution in [2.45, 2.75) is 52.5 Å². The van der Waals surface area contributed by atoms with E-state index in [9.17, 15) is 0 Å². The topological polar surface area (TPSA) is 3.24 Å². The molecule has 2 unspecified atom stereocenters. The Kier molecular flexibility index (Phi) is 4.24. The zero-order chi connectivity index (χ0) is 9.84. The lowest BCUT2D eigenvalue weighted by Crippen LogP contribution is -2.43. The number of piperidine rings is 1. The van der Waals surface area contributed by atoms with Gasteiger partial charge < -0.3 is 4.90 Å². The Morgan fingerprint density at radius 2 is 2.00 bits per heavy atom. The van der Waals surface area contributed by atoms with Crippen molar-refractivity contribution in [2.75, 3.05) is 13.6 Å². The maximum absolute atomic E-state index is 2.58. The van der Waals surface area contributed by atoms with E-state index in [4.69, 9.17) is 0 Å². The predicted molar refractivity (Wildman–Crippen MR) is 58.9 cm³/mol. The van der Waals surface area contributed by atoms with Gasteiger partial charge in [-0.25, -0.2) is 0 Å². The normalized spacial score (nSPS) is 27.9. The first-order valence-corrected chi connectivity index (χ1v) is 5.87. The molecule has 0 aliphatic carbocycles. The highest BCUT2D eigenvalue weighted by Crippen LogP contribution is 2.29. The summed E-state index contributed by atoms with van der Waals surface area (Å²) in [6.07, 6.45) is 5.61. The van der Waals surface area contributed by atoms with Gasteiger partial charge in [-0.15, -0.1) is 0 Å². The molecular weight excluding hydrogens is 158 g/mol. The number of hydrogen-bond donors (Lipinski definition) is 0. The minimum absolute atomic E-state index is 0.843. The van der Waals surface area contributed by atoms with Gasteiger partial charge in [-0.3, -0.25) is 0 Å². The van der Waals surface area contributed by atoms with Crippen LogP contribution in [0.2, 0.25) is 0 Å².